The molecule has 0 aliphatic heterocycles. The molecule has 13 heteroatoms. The third-order valence-corrected chi connectivity index (χ3v) is 6.56. The topological polar surface area (TPSA) is 102 Å². The summed E-state index contributed by atoms with van der Waals surface area (Å²) in [4.78, 5) is 40.8. The van der Waals surface area contributed by atoms with E-state index in [0.29, 0.717) is 27.7 Å². The Hall–Kier alpha value is -2.53. The van der Waals surface area contributed by atoms with Gasteiger partial charge in [-0.25, -0.2) is 4.98 Å². The molecule has 188 valence electrons. The number of rotatable bonds is 8. The maximum Gasteiger partial charge on any atom is 0.303 e. The number of nitrogens with one attached hydrogen (secondary N) is 1. The fraction of sp³-hybridized carbons (Fsp3) is 0.273. The molecule has 2 amide bonds. The van der Waals surface area contributed by atoms with Crippen LogP contribution < -0.4 is 15.0 Å². The molecular formula is C22H22BrCl3N4O5. The van der Waals surface area contributed by atoms with Crippen molar-refractivity contribution in [2.24, 2.45) is 0 Å². The Bertz CT molecular complexity index is 1270. The van der Waals surface area contributed by atoms with Crippen LogP contribution in [0, 0.1) is 6.92 Å². The number of carbonyl (C=O) groups excluding carboxylic acids is 3. The maximum absolute atomic E-state index is 12.6. The monoisotopic (exact) mass is 606 g/mol. The molecule has 0 aliphatic rings. The normalized spacial score (nSPS) is 10.5. The van der Waals surface area contributed by atoms with Gasteiger partial charge in [0.2, 0.25) is 5.91 Å². The SMILES string of the molecule is CC(=O)OCC(=O)NCC(=O)N(C)c1ccc(Cl)c(COc2cccn3c(Br)c(C)nc23)c1Cl.Cl. The lowest BCUT2D eigenvalue weighted by atomic mass is 10.2. The number of likely N-dealkylation sites (N-methyl/N-ethyl adjacent to an activating group) is 1. The van der Waals surface area contributed by atoms with Crippen molar-refractivity contribution >= 4 is 80.7 Å². The molecule has 2 aromatic heterocycles. The number of pyridine rings is 1. The Kier molecular flexibility index (Phi) is 10.2. The summed E-state index contributed by atoms with van der Waals surface area (Å²) in [6, 6.07) is 6.83. The van der Waals surface area contributed by atoms with Gasteiger partial charge in [0.15, 0.2) is 18.0 Å². The predicted molar refractivity (Wildman–Crippen MR) is 139 cm³/mol. The van der Waals surface area contributed by atoms with Crippen molar-refractivity contribution < 1.29 is 23.9 Å². The van der Waals surface area contributed by atoms with Gasteiger partial charge in [0.05, 0.1) is 22.9 Å². The quantitative estimate of drug-likeness (QED) is 0.382. The van der Waals surface area contributed by atoms with E-state index in [9.17, 15) is 14.4 Å². The Morgan fingerprint density at radius 2 is 1.94 bits per heavy atom. The van der Waals surface area contributed by atoms with E-state index >= 15 is 0 Å². The number of carbonyl (C=O) groups is 3. The van der Waals surface area contributed by atoms with Crippen molar-refractivity contribution in [2.45, 2.75) is 20.5 Å². The molecule has 0 atom stereocenters. The summed E-state index contributed by atoms with van der Waals surface area (Å²) in [5, 5.41) is 3.00. The Morgan fingerprint density at radius 3 is 2.63 bits per heavy atom. The summed E-state index contributed by atoms with van der Waals surface area (Å²) in [7, 11) is 1.52. The van der Waals surface area contributed by atoms with E-state index in [1.54, 1.807) is 18.2 Å². The third kappa shape index (κ3) is 6.78. The zero-order chi connectivity index (χ0) is 25.0. The van der Waals surface area contributed by atoms with Crippen molar-refractivity contribution in [1.29, 1.82) is 0 Å². The van der Waals surface area contributed by atoms with Gasteiger partial charge in [0.25, 0.3) is 5.91 Å². The Morgan fingerprint density at radius 1 is 1.23 bits per heavy atom. The maximum atomic E-state index is 12.6. The molecule has 1 N–H and O–H groups in total. The average molecular weight is 609 g/mol. The van der Waals surface area contributed by atoms with Gasteiger partial charge in [0.1, 0.15) is 11.2 Å². The molecular weight excluding hydrogens is 587 g/mol. The fourth-order valence-corrected chi connectivity index (χ4v) is 3.99. The molecule has 3 aromatic rings. The molecule has 35 heavy (non-hydrogen) atoms. The Labute approximate surface area is 226 Å². The zero-order valence-corrected chi connectivity index (χ0v) is 22.8. The molecule has 0 unspecified atom stereocenters. The lowest BCUT2D eigenvalue weighted by molar-refractivity contribution is -0.146. The second-order valence-electron chi connectivity index (χ2n) is 7.21. The third-order valence-electron chi connectivity index (χ3n) is 4.83. The van der Waals surface area contributed by atoms with Crippen LogP contribution in [0.5, 0.6) is 5.75 Å². The molecule has 0 bridgehead atoms. The summed E-state index contributed by atoms with van der Waals surface area (Å²) < 4.78 is 13.3. The highest BCUT2D eigenvalue weighted by atomic mass is 79.9. The van der Waals surface area contributed by atoms with Gasteiger partial charge in [-0.15, -0.1) is 12.4 Å². The van der Waals surface area contributed by atoms with Crippen molar-refractivity contribution in [3.8, 4) is 5.75 Å². The van der Waals surface area contributed by atoms with E-state index in [4.69, 9.17) is 27.9 Å². The smallest absolute Gasteiger partial charge is 0.303 e. The second kappa shape index (κ2) is 12.4. The fourth-order valence-electron chi connectivity index (χ4n) is 3.01. The minimum atomic E-state index is -0.594. The molecule has 0 radical (unpaired) electrons. The van der Waals surface area contributed by atoms with E-state index in [1.807, 2.05) is 23.6 Å². The van der Waals surface area contributed by atoms with E-state index < -0.39 is 24.4 Å². The number of imidazole rings is 1. The predicted octanol–water partition coefficient (Wildman–Crippen LogP) is 4.35. The van der Waals surface area contributed by atoms with Crippen LogP contribution in [0.2, 0.25) is 10.0 Å². The molecule has 1 aromatic carbocycles. The van der Waals surface area contributed by atoms with E-state index in [-0.39, 0.29) is 30.6 Å². The first-order valence-electron chi connectivity index (χ1n) is 9.99. The standard InChI is InChI=1S/C22H21BrCl2N4O5.ClH/c1-12-21(23)29-8-4-5-17(22(29)27-12)34-10-14-15(24)6-7-16(20(14)25)28(3)19(32)9-26-18(31)11-33-13(2)30;/h4-8H,9-11H2,1-3H3,(H,26,31);1H. The summed E-state index contributed by atoms with van der Waals surface area (Å²) >= 11 is 16.4. The van der Waals surface area contributed by atoms with Gasteiger partial charge in [-0.2, -0.15) is 0 Å². The van der Waals surface area contributed by atoms with Gasteiger partial charge in [0, 0.05) is 30.8 Å². The summed E-state index contributed by atoms with van der Waals surface area (Å²) in [6.45, 7) is 2.33. The Balaban J connectivity index is 0.00000432. The number of fused-ring (bicyclic) bond motifs is 1. The molecule has 2 heterocycles. The number of aromatic nitrogens is 2. The molecule has 0 spiro atoms. The van der Waals surface area contributed by atoms with E-state index in [0.717, 1.165) is 10.3 Å². The number of amides is 2. The zero-order valence-electron chi connectivity index (χ0n) is 18.9. The van der Waals surface area contributed by atoms with Gasteiger partial charge in [-0.1, -0.05) is 23.2 Å². The van der Waals surface area contributed by atoms with Gasteiger partial charge in [-0.3, -0.25) is 18.8 Å². The van der Waals surface area contributed by atoms with Crippen LogP contribution >= 0.6 is 51.5 Å². The molecule has 0 saturated carbocycles. The highest BCUT2D eigenvalue weighted by Gasteiger charge is 2.20. The van der Waals surface area contributed by atoms with Crippen LogP contribution in [0.25, 0.3) is 5.65 Å². The largest absolute Gasteiger partial charge is 0.485 e. The van der Waals surface area contributed by atoms with Crippen molar-refractivity contribution in [3.05, 3.63) is 56.4 Å². The van der Waals surface area contributed by atoms with Crippen LogP contribution in [0.3, 0.4) is 0 Å². The van der Waals surface area contributed by atoms with Gasteiger partial charge in [-0.05, 0) is 47.1 Å². The number of aryl methyl sites for hydroxylation is 1. The first kappa shape index (κ1) is 28.7. The van der Waals surface area contributed by atoms with Crippen LogP contribution in [-0.2, 0) is 25.7 Å². The molecule has 0 fully saturated rings. The number of benzene rings is 1. The van der Waals surface area contributed by atoms with E-state index in [1.165, 1.54) is 18.9 Å². The lowest BCUT2D eigenvalue weighted by Crippen LogP contribution is -2.39. The number of nitrogens with zero attached hydrogens (tertiary/aromatic N) is 3. The second-order valence-corrected chi connectivity index (χ2v) is 8.75. The number of ether oxygens (including phenoxy) is 2. The van der Waals surface area contributed by atoms with E-state index in [2.05, 4.69) is 31.0 Å². The average Bonchev–Trinajstić information content (AvgIpc) is 3.09. The van der Waals surface area contributed by atoms with Gasteiger partial charge < -0.3 is 19.7 Å². The summed E-state index contributed by atoms with van der Waals surface area (Å²) in [5.74, 6) is -1.08. The number of halogens is 4. The first-order valence-corrected chi connectivity index (χ1v) is 11.5. The lowest BCUT2D eigenvalue weighted by Gasteiger charge is -2.21. The van der Waals surface area contributed by atoms with Gasteiger partial charge >= 0.3 is 5.97 Å². The molecule has 3 rings (SSSR count). The number of hydrogen-bond donors (Lipinski definition) is 1. The molecule has 0 saturated heterocycles. The van der Waals surface area contributed by atoms with Crippen LogP contribution in [-0.4, -0.2) is 47.4 Å². The highest BCUT2D eigenvalue weighted by molar-refractivity contribution is 9.10. The van der Waals surface area contributed by atoms with Crippen LogP contribution in [0.15, 0.2) is 35.1 Å². The van der Waals surface area contributed by atoms with Crippen molar-refractivity contribution in [2.75, 3.05) is 25.1 Å². The van der Waals surface area contributed by atoms with Crippen molar-refractivity contribution in [1.82, 2.24) is 14.7 Å². The molecule has 9 nitrogen and oxygen atoms in total. The minimum absolute atomic E-state index is 0. The van der Waals surface area contributed by atoms with Crippen molar-refractivity contribution in [3.63, 3.8) is 0 Å². The number of hydrogen-bond acceptors (Lipinski definition) is 6. The number of esters is 1. The van der Waals surface area contributed by atoms with Crippen LogP contribution in [0.4, 0.5) is 5.69 Å². The molecule has 0 aliphatic carbocycles. The van der Waals surface area contributed by atoms with Crippen LogP contribution in [0.1, 0.15) is 18.2 Å². The minimum Gasteiger partial charge on any atom is -0.485 e. The number of anilines is 1. The highest BCUT2D eigenvalue weighted by Crippen LogP contribution is 2.35. The summed E-state index contributed by atoms with van der Waals surface area (Å²) in [5.41, 5.74) is 2.33. The summed E-state index contributed by atoms with van der Waals surface area (Å²) in [6.07, 6.45) is 1.86. The first-order chi connectivity index (χ1) is 16.1.